The van der Waals surface area contributed by atoms with E-state index in [9.17, 15) is 18.7 Å². The molecule has 0 radical (unpaired) electrons. The lowest BCUT2D eigenvalue weighted by Crippen LogP contribution is -2.25. The number of nitrogens with one attached hydrogen (secondary N) is 2. The quantitative estimate of drug-likeness (QED) is 0.673. The summed E-state index contributed by atoms with van der Waals surface area (Å²) < 4.78 is 25.1. The van der Waals surface area contributed by atoms with Gasteiger partial charge >= 0.3 is 0 Å². The molecule has 1 heterocycles. The van der Waals surface area contributed by atoms with Crippen LogP contribution in [0.1, 0.15) is 51.2 Å². The first-order valence-electron chi connectivity index (χ1n) is 9.13. The maximum absolute atomic E-state index is 12.7. The average molecular weight is 379 g/mol. The van der Waals surface area contributed by atoms with E-state index in [0.717, 1.165) is 18.5 Å². The minimum Gasteiger partial charge on any atom is -0.371 e. The van der Waals surface area contributed by atoms with Crippen molar-refractivity contribution in [3.05, 3.63) is 63.8 Å². The SMILES string of the molecule is CC(C)(Cc1ccc(F)cc1)C1CC1.CCNC(O)c1ncc(F)c(=O)[nH]1. The van der Waals surface area contributed by atoms with E-state index in [-0.39, 0.29) is 11.6 Å². The van der Waals surface area contributed by atoms with Gasteiger partial charge in [-0.15, -0.1) is 0 Å². The van der Waals surface area contributed by atoms with Gasteiger partial charge in [-0.2, -0.15) is 4.39 Å². The number of aliphatic hydroxyl groups excluding tert-OH is 1. The average Bonchev–Trinajstić information content (AvgIpc) is 3.46. The fourth-order valence-corrected chi connectivity index (χ4v) is 2.96. The van der Waals surface area contributed by atoms with Crippen molar-refractivity contribution in [1.82, 2.24) is 15.3 Å². The molecule has 7 heteroatoms. The van der Waals surface area contributed by atoms with Crippen LogP contribution in [-0.4, -0.2) is 21.6 Å². The summed E-state index contributed by atoms with van der Waals surface area (Å²) in [5, 5.41) is 11.9. The minimum absolute atomic E-state index is 0.00764. The van der Waals surface area contributed by atoms with Crippen molar-refractivity contribution in [3.63, 3.8) is 0 Å². The van der Waals surface area contributed by atoms with E-state index in [1.54, 1.807) is 19.1 Å². The van der Waals surface area contributed by atoms with Gasteiger partial charge in [-0.05, 0) is 54.8 Å². The van der Waals surface area contributed by atoms with E-state index < -0.39 is 17.6 Å². The van der Waals surface area contributed by atoms with Crippen LogP contribution in [0.3, 0.4) is 0 Å². The van der Waals surface area contributed by atoms with Crippen molar-refractivity contribution in [2.45, 2.75) is 46.3 Å². The van der Waals surface area contributed by atoms with Crippen LogP contribution in [-0.2, 0) is 6.42 Å². The van der Waals surface area contributed by atoms with Crippen molar-refractivity contribution >= 4 is 0 Å². The molecule has 1 aromatic heterocycles. The lowest BCUT2D eigenvalue weighted by Gasteiger charge is -2.24. The van der Waals surface area contributed by atoms with Gasteiger partial charge in [0.1, 0.15) is 5.82 Å². The second-order valence-corrected chi connectivity index (χ2v) is 7.47. The summed E-state index contributed by atoms with van der Waals surface area (Å²) in [6, 6.07) is 6.91. The van der Waals surface area contributed by atoms with Crippen LogP contribution in [0.2, 0.25) is 0 Å². The highest BCUT2D eigenvalue weighted by molar-refractivity contribution is 5.18. The number of rotatable bonds is 6. The van der Waals surface area contributed by atoms with Crippen LogP contribution in [0.4, 0.5) is 8.78 Å². The molecule has 0 amide bonds. The molecule has 1 unspecified atom stereocenters. The number of aromatic amines is 1. The molecule has 1 aromatic carbocycles. The largest absolute Gasteiger partial charge is 0.371 e. The van der Waals surface area contributed by atoms with Gasteiger partial charge in [0.25, 0.3) is 5.56 Å². The highest BCUT2D eigenvalue weighted by Crippen LogP contribution is 2.46. The lowest BCUT2D eigenvalue weighted by molar-refractivity contribution is 0.131. The molecule has 2 aromatic rings. The van der Waals surface area contributed by atoms with Gasteiger partial charge in [-0.1, -0.05) is 32.9 Å². The van der Waals surface area contributed by atoms with Crippen LogP contribution in [0, 0.1) is 23.0 Å². The Kier molecular flexibility index (Phi) is 7.21. The molecule has 148 valence electrons. The Hall–Kier alpha value is -2.12. The zero-order valence-electron chi connectivity index (χ0n) is 15.9. The maximum atomic E-state index is 12.7. The first kappa shape index (κ1) is 21.2. The molecular formula is C20H27F2N3O2. The summed E-state index contributed by atoms with van der Waals surface area (Å²) in [4.78, 5) is 16.4. The van der Waals surface area contributed by atoms with Crippen LogP contribution >= 0.6 is 0 Å². The fraction of sp³-hybridized carbons (Fsp3) is 0.500. The molecule has 3 rings (SSSR count). The minimum atomic E-state index is -1.07. The van der Waals surface area contributed by atoms with E-state index in [1.165, 1.54) is 18.4 Å². The highest BCUT2D eigenvalue weighted by atomic mass is 19.1. The van der Waals surface area contributed by atoms with Gasteiger partial charge in [-0.3, -0.25) is 10.1 Å². The van der Waals surface area contributed by atoms with Crippen LogP contribution in [0.25, 0.3) is 0 Å². The molecule has 3 N–H and O–H groups in total. The molecule has 0 spiro atoms. The van der Waals surface area contributed by atoms with Crippen LogP contribution in [0.15, 0.2) is 35.3 Å². The summed E-state index contributed by atoms with van der Waals surface area (Å²) in [6.45, 7) is 6.93. The second-order valence-electron chi connectivity index (χ2n) is 7.47. The third-order valence-electron chi connectivity index (χ3n) is 4.69. The summed E-state index contributed by atoms with van der Waals surface area (Å²) in [7, 11) is 0. The number of hydrogen-bond acceptors (Lipinski definition) is 4. The van der Waals surface area contributed by atoms with Gasteiger partial charge in [0.15, 0.2) is 12.1 Å². The molecular weight excluding hydrogens is 352 g/mol. The lowest BCUT2D eigenvalue weighted by atomic mass is 9.81. The van der Waals surface area contributed by atoms with Crippen molar-refractivity contribution in [2.75, 3.05) is 6.54 Å². The Morgan fingerprint density at radius 2 is 1.93 bits per heavy atom. The van der Waals surface area contributed by atoms with E-state index in [2.05, 4.69) is 29.1 Å². The third kappa shape index (κ3) is 6.52. The number of nitrogens with zero attached hydrogens (tertiary/aromatic N) is 1. The zero-order valence-corrected chi connectivity index (χ0v) is 15.9. The molecule has 1 fully saturated rings. The molecule has 0 bridgehead atoms. The molecule has 0 saturated heterocycles. The first-order chi connectivity index (χ1) is 12.7. The predicted molar refractivity (Wildman–Crippen MR) is 100 cm³/mol. The molecule has 5 nitrogen and oxygen atoms in total. The maximum Gasteiger partial charge on any atom is 0.287 e. The molecule has 1 saturated carbocycles. The zero-order chi connectivity index (χ0) is 20.0. The number of hydrogen-bond donors (Lipinski definition) is 3. The number of halogens is 2. The molecule has 1 aliphatic carbocycles. The van der Waals surface area contributed by atoms with Crippen molar-refractivity contribution < 1.29 is 13.9 Å². The smallest absolute Gasteiger partial charge is 0.287 e. The Morgan fingerprint density at radius 3 is 2.44 bits per heavy atom. The van der Waals surface area contributed by atoms with Gasteiger partial charge in [-0.25, -0.2) is 9.37 Å². The Labute approximate surface area is 157 Å². The van der Waals surface area contributed by atoms with Gasteiger partial charge < -0.3 is 10.1 Å². The normalized spacial score (nSPS) is 15.0. The summed E-state index contributed by atoms with van der Waals surface area (Å²) in [6.07, 6.45) is 3.51. The van der Waals surface area contributed by atoms with Crippen molar-refractivity contribution in [2.24, 2.45) is 11.3 Å². The number of H-pyrrole nitrogens is 1. The summed E-state index contributed by atoms with van der Waals surface area (Å²) in [5.41, 5.74) is 0.753. The topological polar surface area (TPSA) is 78.0 Å². The molecule has 27 heavy (non-hydrogen) atoms. The third-order valence-corrected chi connectivity index (χ3v) is 4.69. The summed E-state index contributed by atoms with van der Waals surface area (Å²) in [5.74, 6) is -0.216. The van der Waals surface area contributed by atoms with Gasteiger partial charge in [0, 0.05) is 0 Å². The number of benzene rings is 1. The second kappa shape index (κ2) is 9.19. The van der Waals surface area contributed by atoms with E-state index in [1.807, 2.05) is 12.1 Å². The molecule has 1 aliphatic rings. The standard InChI is InChI=1S/C13H17F.C7H10FN3O2/c1-13(2,11-5-6-11)9-10-3-7-12(14)8-4-10;1-2-9-7(13)5-10-3-4(8)6(12)11-5/h3-4,7-8,11H,5-6,9H2,1-2H3;3,7,9,13H,2H2,1H3,(H,10,11,12). The highest BCUT2D eigenvalue weighted by Gasteiger charge is 2.37. The first-order valence-corrected chi connectivity index (χ1v) is 9.13. The Bertz CT molecular complexity index is 787. The fourth-order valence-electron chi connectivity index (χ4n) is 2.96. The van der Waals surface area contributed by atoms with Gasteiger partial charge in [0.2, 0.25) is 5.82 Å². The van der Waals surface area contributed by atoms with E-state index in [4.69, 9.17) is 0 Å². The van der Waals surface area contributed by atoms with Crippen molar-refractivity contribution in [3.8, 4) is 0 Å². The predicted octanol–water partition coefficient (Wildman–Crippen LogP) is 3.31. The van der Waals surface area contributed by atoms with E-state index in [0.29, 0.717) is 12.0 Å². The van der Waals surface area contributed by atoms with Gasteiger partial charge in [0.05, 0.1) is 6.20 Å². The van der Waals surface area contributed by atoms with Crippen LogP contribution in [0.5, 0.6) is 0 Å². The molecule has 1 atom stereocenters. The monoisotopic (exact) mass is 379 g/mol. The van der Waals surface area contributed by atoms with E-state index >= 15 is 0 Å². The van der Waals surface area contributed by atoms with Crippen molar-refractivity contribution in [1.29, 1.82) is 0 Å². The number of aliphatic hydroxyl groups is 1. The number of aromatic nitrogens is 2. The Morgan fingerprint density at radius 1 is 1.30 bits per heavy atom. The molecule has 0 aliphatic heterocycles. The summed E-state index contributed by atoms with van der Waals surface area (Å²) >= 11 is 0. The Balaban J connectivity index is 0.000000194. The van der Waals surface area contributed by atoms with Crippen LogP contribution < -0.4 is 10.9 Å².